The van der Waals surface area contributed by atoms with Crippen LogP contribution in [0, 0.1) is 5.82 Å². The maximum atomic E-state index is 16.2. The summed E-state index contributed by atoms with van der Waals surface area (Å²) < 4.78 is 16.2. The molecule has 5 heterocycles. The van der Waals surface area contributed by atoms with Crippen molar-refractivity contribution in [1.82, 2.24) is 35.0 Å². The second-order valence-electron chi connectivity index (χ2n) is 10.5. The van der Waals surface area contributed by atoms with Gasteiger partial charge in [0, 0.05) is 37.9 Å². The Morgan fingerprint density at radius 2 is 1.81 bits per heavy atom. The van der Waals surface area contributed by atoms with Gasteiger partial charge in [0.25, 0.3) is 0 Å². The predicted octanol–water partition coefficient (Wildman–Crippen LogP) is 4.64. The minimum absolute atomic E-state index is 0.103. The maximum Gasteiger partial charge on any atom is 0.228 e. The number of fused-ring (bicyclic) bond motifs is 2. The second kappa shape index (κ2) is 10.7. The number of benzene rings is 2. The molecule has 10 nitrogen and oxygen atoms in total. The number of nitrogens with one attached hydrogen (secondary N) is 3. The highest BCUT2D eigenvalue weighted by Crippen LogP contribution is 2.34. The molecule has 7 rings (SSSR count). The van der Waals surface area contributed by atoms with Crippen LogP contribution in [0.3, 0.4) is 0 Å². The Bertz CT molecular complexity index is 1910. The number of nitrogens with zero attached hydrogens (tertiary/aromatic N) is 6. The van der Waals surface area contributed by atoms with Gasteiger partial charge in [0.15, 0.2) is 11.6 Å². The molecule has 0 radical (unpaired) electrons. The van der Waals surface area contributed by atoms with Crippen LogP contribution in [0.15, 0.2) is 73.2 Å². The third-order valence-electron chi connectivity index (χ3n) is 7.61. The number of carbonyl (C=O) groups excluding carboxylic acids is 1. The normalized spacial score (nSPS) is 14.1. The lowest BCUT2D eigenvalue weighted by Gasteiger charge is -2.34. The first-order chi connectivity index (χ1) is 20.5. The fourth-order valence-electron chi connectivity index (χ4n) is 5.40. The molecule has 6 aromatic rings. The average Bonchev–Trinajstić information content (AvgIpc) is 3.63. The van der Waals surface area contributed by atoms with Crippen molar-refractivity contribution in [2.75, 3.05) is 43.4 Å². The minimum atomic E-state index is -0.550. The molecule has 1 amide bonds. The zero-order valence-corrected chi connectivity index (χ0v) is 22.9. The van der Waals surface area contributed by atoms with Crippen molar-refractivity contribution < 1.29 is 9.18 Å². The topological polar surface area (TPSA) is 119 Å². The summed E-state index contributed by atoms with van der Waals surface area (Å²) in [5.41, 5.74) is 5.43. The van der Waals surface area contributed by atoms with Gasteiger partial charge in [0.1, 0.15) is 16.9 Å². The summed E-state index contributed by atoms with van der Waals surface area (Å²) in [5, 5.41) is 10.4. The van der Waals surface area contributed by atoms with E-state index in [4.69, 9.17) is 4.98 Å². The number of imidazole rings is 1. The summed E-state index contributed by atoms with van der Waals surface area (Å²) in [5.74, 6) is -0.276. The number of para-hydroxylation sites is 1. The zero-order chi connectivity index (χ0) is 28.6. The number of H-pyrrole nitrogens is 2. The van der Waals surface area contributed by atoms with Crippen molar-refractivity contribution in [1.29, 1.82) is 0 Å². The van der Waals surface area contributed by atoms with Gasteiger partial charge in [0.05, 0.1) is 46.6 Å². The number of carbonyl (C=O) groups is 1. The van der Waals surface area contributed by atoms with Crippen molar-refractivity contribution >= 4 is 39.2 Å². The number of pyridine rings is 2. The third-order valence-corrected chi connectivity index (χ3v) is 7.61. The molecule has 11 heteroatoms. The van der Waals surface area contributed by atoms with Crippen LogP contribution in [0.2, 0.25) is 0 Å². The molecule has 4 aromatic heterocycles. The molecule has 1 aliphatic rings. The number of anilines is 2. The summed E-state index contributed by atoms with van der Waals surface area (Å²) in [6.45, 7) is 3.77. The van der Waals surface area contributed by atoms with Crippen molar-refractivity contribution in [2.45, 2.75) is 6.42 Å². The molecule has 0 spiro atoms. The lowest BCUT2D eigenvalue weighted by Crippen LogP contribution is -2.44. The Morgan fingerprint density at radius 3 is 2.64 bits per heavy atom. The molecular formula is C31H28FN9O. The van der Waals surface area contributed by atoms with Gasteiger partial charge in [-0.3, -0.25) is 19.9 Å². The van der Waals surface area contributed by atoms with Crippen molar-refractivity contribution in [3.8, 4) is 22.8 Å². The Balaban J connectivity index is 1.21. The minimum Gasteiger partial charge on any atom is -0.367 e. The first kappa shape index (κ1) is 25.8. The standard InChI is InChI=1S/C31H28FN9O/c1-40-10-12-41(13-11-40)24-9-5-8-22-29(24)37-31(36-22)30-26-23(38-39-30)18-34-28(27(26)32)20-15-21(17-33-16-20)35-25(42)14-19-6-3-2-4-7-19/h2-9,15-18H,10-14H2,1H3,(H,35,42)(H,36,37)(H,38,39). The van der Waals surface area contributed by atoms with E-state index < -0.39 is 5.82 Å². The van der Waals surface area contributed by atoms with Crippen molar-refractivity contribution in [2.24, 2.45) is 0 Å². The first-order valence-electron chi connectivity index (χ1n) is 13.8. The summed E-state index contributed by atoms with van der Waals surface area (Å²) in [7, 11) is 2.12. The van der Waals surface area contributed by atoms with Crippen LogP contribution in [0.1, 0.15) is 5.56 Å². The molecule has 0 unspecified atom stereocenters. The molecule has 210 valence electrons. The molecule has 0 atom stereocenters. The van der Waals surface area contributed by atoms with Gasteiger partial charge in [-0.1, -0.05) is 36.4 Å². The number of aromatic nitrogens is 6. The van der Waals surface area contributed by atoms with E-state index >= 15 is 4.39 Å². The van der Waals surface area contributed by atoms with Crippen LogP contribution in [-0.4, -0.2) is 74.2 Å². The number of amides is 1. The predicted molar refractivity (Wildman–Crippen MR) is 161 cm³/mol. The molecule has 42 heavy (non-hydrogen) atoms. The van der Waals surface area contributed by atoms with E-state index in [1.807, 2.05) is 42.5 Å². The van der Waals surface area contributed by atoms with Crippen LogP contribution < -0.4 is 10.2 Å². The Hall–Kier alpha value is -5.16. The summed E-state index contributed by atoms with van der Waals surface area (Å²) >= 11 is 0. The quantitative estimate of drug-likeness (QED) is 0.271. The van der Waals surface area contributed by atoms with Gasteiger partial charge in [-0.2, -0.15) is 5.10 Å². The van der Waals surface area contributed by atoms with Crippen LogP contribution >= 0.6 is 0 Å². The number of halogens is 1. The molecule has 1 saturated heterocycles. The third kappa shape index (κ3) is 4.83. The zero-order valence-electron chi connectivity index (χ0n) is 22.9. The second-order valence-corrected chi connectivity index (χ2v) is 10.5. The average molecular weight is 562 g/mol. The summed E-state index contributed by atoms with van der Waals surface area (Å²) in [6, 6.07) is 17.2. The van der Waals surface area contributed by atoms with Crippen LogP contribution in [0.4, 0.5) is 15.8 Å². The molecule has 3 N–H and O–H groups in total. The number of rotatable bonds is 6. The van der Waals surface area contributed by atoms with Crippen molar-refractivity contribution in [3.05, 3.63) is 84.6 Å². The van der Waals surface area contributed by atoms with Gasteiger partial charge in [-0.25, -0.2) is 9.37 Å². The number of piperazine rings is 1. The van der Waals surface area contributed by atoms with Gasteiger partial charge in [0.2, 0.25) is 5.91 Å². The first-order valence-corrected chi connectivity index (χ1v) is 13.8. The highest BCUT2D eigenvalue weighted by atomic mass is 19.1. The van der Waals surface area contributed by atoms with Gasteiger partial charge in [-0.15, -0.1) is 0 Å². The lowest BCUT2D eigenvalue weighted by atomic mass is 10.1. The molecule has 0 saturated carbocycles. The molecule has 0 aliphatic carbocycles. The van der Waals surface area contributed by atoms with E-state index in [1.54, 1.807) is 12.3 Å². The maximum absolute atomic E-state index is 16.2. The van der Waals surface area contributed by atoms with E-state index in [0.29, 0.717) is 28.3 Å². The smallest absolute Gasteiger partial charge is 0.228 e. The van der Waals surface area contributed by atoms with Crippen LogP contribution in [0.25, 0.3) is 44.7 Å². The Morgan fingerprint density at radius 1 is 0.976 bits per heavy atom. The van der Waals surface area contributed by atoms with E-state index in [9.17, 15) is 4.79 Å². The van der Waals surface area contributed by atoms with Crippen LogP contribution in [-0.2, 0) is 11.2 Å². The van der Waals surface area contributed by atoms with E-state index in [2.05, 4.69) is 53.4 Å². The fraction of sp³-hybridized carbons (Fsp3) is 0.194. The van der Waals surface area contributed by atoms with E-state index in [-0.39, 0.29) is 23.4 Å². The summed E-state index contributed by atoms with van der Waals surface area (Å²) in [6.07, 6.45) is 4.81. The number of aromatic amines is 2. The number of hydrogen-bond acceptors (Lipinski definition) is 7. The highest BCUT2D eigenvalue weighted by Gasteiger charge is 2.23. The van der Waals surface area contributed by atoms with Crippen LogP contribution in [0.5, 0.6) is 0 Å². The monoisotopic (exact) mass is 561 g/mol. The summed E-state index contributed by atoms with van der Waals surface area (Å²) in [4.78, 5) is 34.0. The molecular weight excluding hydrogens is 533 g/mol. The molecule has 1 aliphatic heterocycles. The number of likely N-dealkylation sites (N-methyl/N-ethyl adjacent to an activating group) is 1. The van der Waals surface area contributed by atoms with Crippen molar-refractivity contribution in [3.63, 3.8) is 0 Å². The van der Waals surface area contributed by atoms with E-state index in [1.165, 1.54) is 12.4 Å². The Kier molecular flexibility index (Phi) is 6.55. The largest absolute Gasteiger partial charge is 0.367 e. The molecule has 0 bridgehead atoms. The Labute approximate surface area is 240 Å². The SMILES string of the molecule is CN1CCN(c2cccc3[nH]c(-c4n[nH]c5cnc(-c6cncc(NC(=O)Cc7ccccc7)c6)c(F)c45)nc23)CC1. The highest BCUT2D eigenvalue weighted by molar-refractivity contribution is 5.98. The van der Waals surface area contributed by atoms with Gasteiger partial charge < -0.3 is 20.1 Å². The lowest BCUT2D eigenvalue weighted by molar-refractivity contribution is -0.115. The molecule has 1 fully saturated rings. The fourth-order valence-corrected chi connectivity index (χ4v) is 5.40. The van der Waals surface area contributed by atoms with Gasteiger partial charge >= 0.3 is 0 Å². The number of hydrogen-bond donors (Lipinski definition) is 3. The molecule has 2 aromatic carbocycles. The van der Waals surface area contributed by atoms with Gasteiger partial charge in [-0.05, 0) is 30.8 Å². The van der Waals surface area contributed by atoms with E-state index in [0.717, 1.165) is 48.5 Å².